The molecule has 1 saturated heterocycles. The summed E-state index contributed by atoms with van der Waals surface area (Å²) in [4.78, 5) is 14.5. The summed E-state index contributed by atoms with van der Waals surface area (Å²) < 4.78 is 33.5. The number of fused-ring (bicyclic) bond motifs is 1. The third kappa shape index (κ3) is 5.02. The molecule has 1 aliphatic heterocycles. The average molecular weight is 429 g/mol. The van der Waals surface area contributed by atoms with Crippen molar-refractivity contribution in [2.75, 3.05) is 19.6 Å². The smallest absolute Gasteiger partial charge is 0.246 e. The minimum atomic E-state index is -3.51. The molecule has 7 heteroatoms. The molecule has 2 heterocycles. The topological polar surface area (TPSA) is 79.6 Å². The van der Waals surface area contributed by atoms with Crippen LogP contribution in [-0.2, 0) is 27.7 Å². The first-order chi connectivity index (χ1) is 14.5. The lowest BCUT2D eigenvalue weighted by atomic mass is 9.92. The largest absolute Gasteiger partial charge is 0.465 e. The van der Waals surface area contributed by atoms with Gasteiger partial charge in [-0.25, -0.2) is 13.1 Å². The van der Waals surface area contributed by atoms with Crippen LogP contribution in [0.5, 0.6) is 0 Å². The maximum absolute atomic E-state index is 12.7. The van der Waals surface area contributed by atoms with Crippen molar-refractivity contribution in [3.05, 3.63) is 59.6 Å². The standard InChI is InChI=1S/C23H28N2O4S/c26-23(10-8-21-6-3-15-29-21)25-13-11-18(12-14-25)17-24-30(27,28)22-9-7-19-4-1-2-5-20(19)16-22/h3,6-10,15-16,18,24H,1-2,4-5,11-14,17H2. The van der Waals surface area contributed by atoms with E-state index in [1.54, 1.807) is 35.4 Å². The van der Waals surface area contributed by atoms with E-state index in [0.29, 0.717) is 30.3 Å². The molecule has 2 aromatic rings. The van der Waals surface area contributed by atoms with Crippen LogP contribution < -0.4 is 4.72 Å². The number of aryl methyl sites for hydroxylation is 2. The molecule has 4 rings (SSSR count). The van der Waals surface area contributed by atoms with Crippen molar-refractivity contribution in [2.45, 2.75) is 43.4 Å². The molecular formula is C23H28N2O4S. The molecule has 6 nitrogen and oxygen atoms in total. The Bertz CT molecular complexity index is 1000. The molecule has 0 spiro atoms. The van der Waals surface area contributed by atoms with E-state index in [0.717, 1.165) is 32.1 Å². The van der Waals surface area contributed by atoms with Crippen LogP contribution in [0.2, 0.25) is 0 Å². The predicted octanol–water partition coefficient (Wildman–Crippen LogP) is 3.39. The highest BCUT2D eigenvalue weighted by Crippen LogP contribution is 2.24. The SMILES string of the molecule is O=C(C=Cc1ccco1)N1CCC(CNS(=O)(=O)c2ccc3c(c2)CCCC3)CC1. The summed E-state index contributed by atoms with van der Waals surface area (Å²) in [6.45, 7) is 1.67. The first-order valence-corrected chi connectivity index (χ1v) is 12.1. The molecule has 30 heavy (non-hydrogen) atoms. The van der Waals surface area contributed by atoms with Gasteiger partial charge in [-0.1, -0.05) is 6.07 Å². The summed E-state index contributed by atoms with van der Waals surface area (Å²) in [6.07, 6.45) is 10.6. The Balaban J connectivity index is 1.27. The van der Waals surface area contributed by atoms with E-state index in [1.807, 2.05) is 12.1 Å². The van der Waals surface area contributed by atoms with Gasteiger partial charge in [-0.2, -0.15) is 0 Å². The lowest BCUT2D eigenvalue weighted by molar-refractivity contribution is -0.127. The summed E-state index contributed by atoms with van der Waals surface area (Å²) in [7, 11) is -3.51. The summed E-state index contributed by atoms with van der Waals surface area (Å²) in [5.74, 6) is 0.838. The van der Waals surface area contributed by atoms with Gasteiger partial charge < -0.3 is 9.32 Å². The molecule has 160 valence electrons. The number of furan rings is 1. The molecule has 0 radical (unpaired) electrons. The Hall–Kier alpha value is -2.38. The minimum Gasteiger partial charge on any atom is -0.465 e. The number of nitrogens with zero attached hydrogens (tertiary/aromatic N) is 1. The van der Waals surface area contributed by atoms with Crippen LogP contribution in [0.15, 0.2) is 52.0 Å². The van der Waals surface area contributed by atoms with E-state index in [2.05, 4.69) is 4.72 Å². The molecule has 2 aliphatic rings. The first kappa shape index (κ1) is 20.9. The lowest BCUT2D eigenvalue weighted by Gasteiger charge is -2.31. The summed E-state index contributed by atoms with van der Waals surface area (Å²) in [6, 6.07) is 9.09. The fourth-order valence-electron chi connectivity index (χ4n) is 4.19. The van der Waals surface area contributed by atoms with Gasteiger partial charge in [0.15, 0.2) is 0 Å². The van der Waals surface area contributed by atoms with Crippen LogP contribution in [0, 0.1) is 5.92 Å². The number of hydrogen-bond acceptors (Lipinski definition) is 4. The number of likely N-dealkylation sites (tertiary alicyclic amines) is 1. The zero-order valence-electron chi connectivity index (χ0n) is 17.0. The van der Waals surface area contributed by atoms with Crippen LogP contribution >= 0.6 is 0 Å². The van der Waals surface area contributed by atoms with Gasteiger partial charge in [0.2, 0.25) is 15.9 Å². The molecule has 1 aliphatic carbocycles. The Morgan fingerprint density at radius 1 is 1.13 bits per heavy atom. The van der Waals surface area contributed by atoms with Gasteiger partial charge in [-0.15, -0.1) is 0 Å². The van der Waals surface area contributed by atoms with Crippen molar-refractivity contribution in [1.29, 1.82) is 0 Å². The highest BCUT2D eigenvalue weighted by atomic mass is 32.2. The zero-order valence-corrected chi connectivity index (χ0v) is 17.9. The third-order valence-electron chi connectivity index (χ3n) is 6.05. The molecule has 0 saturated carbocycles. The summed E-state index contributed by atoms with van der Waals surface area (Å²) in [5, 5.41) is 0. The zero-order chi connectivity index (χ0) is 21.0. The Kier molecular flexibility index (Phi) is 6.39. The Labute approximate surface area is 178 Å². The number of hydrogen-bond donors (Lipinski definition) is 1. The highest BCUT2D eigenvalue weighted by molar-refractivity contribution is 7.89. The van der Waals surface area contributed by atoms with Crippen molar-refractivity contribution >= 4 is 22.0 Å². The van der Waals surface area contributed by atoms with Crippen molar-refractivity contribution in [3.8, 4) is 0 Å². The van der Waals surface area contributed by atoms with Gasteiger partial charge in [0.05, 0.1) is 11.2 Å². The van der Waals surface area contributed by atoms with Crippen LogP contribution in [-0.4, -0.2) is 38.9 Å². The van der Waals surface area contributed by atoms with Gasteiger partial charge in [-0.3, -0.25) is 4.79 Å². The van der Waals surface area contributed by atoms with Crippen molar-refractivity contribution in [3.63, 3.8) is 0 Å². The molecule has 1 aromatic heterocycles. The number of carbonyl (C=O) groups is 1. The van der Waals surface area contributed by atoms with Crippen LogP contribution in [0.3, 0.4) is 0 Å². The number of carbonyl (C=O) groups excluding carboxylic acids is 1. The van der Waals surface area contributed by atoms with Gasteiger partial charge in [0.1, 0.15) is 5.76 Å². The average Bonchev–Trinajstić information content (AvgIpc) is 3.30. The molecule has 1 amide bonds. The normalized spacial score (nSPS) is 17.9. The highest BCUT2D eigenvalue weighted by Gasteiger charge is 2.24. The maximum atomic E-state index is 12.7. The predicted molar refractivity (Wildman–Crippen MR) is 115 cm³/mol. The molecule has 0 atom stereocenters. The van der Waals surface area contributed by atoms with Gasteiger partial charge in [0.25, 0.3) is 0 Å². The van der Waals surface area contributed by atoms with Crippen LogP contribution in [0.4, 0.5) is 0 Å². The molecule has 0 unspecified atom stereocenters. The quantitative estimate of drug-likeness (QED) is 0.716. The number of benzene rings is 1. The molecule has 1 N–H and O–H groups in total. The van der Waals surface area contributed by atoms with E-state index < -0.39 is 10.0 Å². The maximum Gasteiger partial charge on any atom is 0.246 e. The summed E-state index contributed by atoms with van der Waals surface area (Å²) in [5.41, 5.74) is 2.44. The number of amides is 1. The number of sulfonamides is 1. The van der Waals surface area contributed by atoms with Crippen LogP contribution in [0.25, 0.3) is 6.08 Å². The third-order valence-corrected chi connectivity index (χ3v) is 7.47. The van der Waals surface area contributed by atoms with E-state index in [9.17, 15) is 13.2 Å². The molecular weight excluding hydrogens is 400 g/mol. The second-order valence-corrected chi connectivity index (χ2v) is 9.87. The van der Waals surface area contributed by atoms with Crippen molar-refractivity contribution < 1.29 is 17.6 Å². The van der Waals surface area contributed by atoms with Gasteiger partial charge >= 0.3 is 0 Å². The fraction of sp³-hybridized carbons (Fsp3) is 0.435. The second-order valence-electron chi connectivity index (χ2n) is 8.11. The van der Waals surface area contributed by atoms with Crippen molar-refractivity contribution in [1.82, 2.24) is 9.62 Å². The molecule has 0 bridgehead atoms. The molecule has 1 aromatic carbocycles. The van der Waals surface area contributed by atoms with Gasteiger partial charge in [-0.05, 0) is 85.9 Å². The van der Waals surface area contributed by atoms with E-state index in [-0.39, 0.29) is 11.8 Å². The Morgan fingerprint density at radius 2 is 1.90 bits per heavy atom. The minimum absolute atomic E-state index is 0.0421. The monoisotopic (exact) mass is 428 g/mol. The van der Waals surface area contributed by atoms with Crippen molar-refractivity contribution in [2.24, 2.45) is 5.92 Å². The second kappa shape index (κ2) is 9.18. The number of nitrogens with one attached hydrogen (secondary N) is 1. The molecule has 1 fully saturated rings. The van der Waals surface area contributed by atoms with Crippen LogP contribution in [0.1, 0.15) is 42.6 Å². The van der Waals surface area contributed by atoms with E-state index in [4.69, 9.17) is 4.42 Å². The Morgan fingerprint density at radius 3 is 2.63 bits per heavy atom. The van der Waals surface area contributed by atoms with Gasteiger partial charge in [0, 0.05) is 25.7 Å². The number of rotatable bonds is 6. The van der Waals surface area contributed by atoms with E-state index >= 15 is 0 Å². The fourth-order valence-corrected chi connectivity index (χ4v) is 5.36. The lowest BCUT2D eigenvalue weighted by Crippen LogP contribution is -2.40. The number of piperidine rings is 1. The first-order valence-electron chi connectivity index (χ1n) is 10.6. The van der Waals surface area contributed by atoms with E-state index in [1.165, 1.54) is 23.6 Å². The summed E-state index contributed by atoms with van der Waals surface area (Å²) >= 11 is 0.